The minimum Gasteiger partial charge on any atom is -0.441 e. The zero-order chi connectivity index (χ0) is 21.0. The van der Waals surface area contributed by atoms with Gasteiger partial charge in [0.05, 0.1) is 11.4 Å². The third kappa shape index (κ3) is 5.54. The standard InChI is InChI=1S/C22H24N2O4S/c1-16-9-11-19(12-10-16)22-23-20(17(2)28-22)14-29(26,27)15-21(25)24(3)13-18-7-5-4-6-8-18/h4-12H,13-15H2,1-3H3. The molecule has 3 aromatic rings. The Bertz CT molecular complexity index is 1090. The highest BCUT2D eigenvalue weighted by molar-refractivity contribution is 7.91. The normalized spacial score (nSPS) is 11.4. The lowest BCUT2D eigenvalue weighted by Crippen LogP contribution is -2.32. The zero-order valence-corrected chi connectivity index (χ0v) is 17.6. The van der Waals surface area contributed by atoms with E-state index in [0.29, 0.717) is 23.9 Å². The first-order chi connectivity index (χ1) is 13.7. The van der Waals surface area contributed by atoms with Gasteiger partial charge >= 0.3 is 0 Å². The van der Waals surface area contributed by atoms with Gasteiger partial charge in [-0.3, -0.25) is 4.79 Å². The lowest BCUT2D eigenvalue weighted by Gasteiger charge is -2.17. The smallest absolute Gasteiger partial charge is 0.237 e. The zero-order valence-electron chi connectivity index (χ0n) is 16.8. The fraction of sp³-hybridized carbons (Fsp3) is 0.273. The van der Waals surface area contributed by atoms with E-state index in [1.54, 1.807) is 14.0 Å². The quantitative estimate of drug-likeness (QED) is 0.593. The molecule has 0 N–H and O–H groups in total. The number of hydrogen-bond donors (Lipinski definition) is 0. The topological polar surface area (TPSA) is 80.5 Å². The summed E-state index contributed by atoms with van der Waals surface area (Å²) in [7, 11) is -2.08. The van der Waals surface area contributed by atoms with Crippen molar-refractivity contribution < 1.29 is 17.6 Å². The number of rotatable bonds is 7. The first-order valence-electron chi connectivity index (χ1n) is 9.25. The fourth-order valence-electron chi connectivity index (χ4n) is 2.88. The second kappa shape index (κ2) is 8.61. The molecule has 0 unspecified atom stereocenters. The summed E-state index contributed by atoms with van der Waals surface area (Å²) in [4.78, 5) is 18.2. The van der Waals surface area contributed by atoms with E-state index in [1.807, 2.05) is 61.5 Å². The molecular formula is C22H24N2O4S. The van der Waals surface area contributed by atoms with Gasteiger partial charge in [-0.2, -0.15) is 0 Å². The number of benzene rings is 2. The van der Waals surface area contributed by atoms with E-state index in [1.165, 1.54) is 4.90 Å². The number of aromatic nitrogens is 1. The van der Waals surface area contributed by atoms with Crippen LogP contribution in [0.4, 0.5) is 0 Å². The highest BCUT2D eigenvalue weighted by atomic mass is 32.2. The van der Waals surface area contributed by atoms with Crippen LogP contribution in [0, 0.1) is 13.8 Å². The van der Waals surface area contributed by atoms with Gasteiger partial charge < -0.3 is 9.32 Å². The minimum atomic E-state index is -3.68. The van der Waals surface area contributed by atoms with Crippen molar-refractivity contribution in [2.45, 2.75) is 26.1 Å². The van der Waals surface area contributed by atoms with Crippen LogP contribution < -0.4 is 0 Å². The van der Waals surface area contributed by atoms with Crippen LogP contribution in [-0.4, -0.2) is 37.0 Å². The molecule has 0 fully saturated rings. The Morgan fingerprint density at radius 3 is 2.34 bits per heavy atom. The first kappa shape index (κ1) is 20.8. The van der Waals surface area contributed by atoms with Crippen LogP contribution in [0.15, 0.2) is 59.0 Å². The minimum absolute atomic E-state index is 0.332. The summed E-state index contributed by atoms with van der Waals surface area (Å²) < 4.78 is 30.8. The summed E-state index contributed by atoms with van der Waals surface area (Å²) in [6, 6.07) is 17.1. The lowest BCUT2D eigenvalue weighted by atomic mass is 10.1. The Morgan fingerprint density at radius 2 is 1.69 bits per heavy atom. The SMILES string of the molecule is Cc1ccc(-c2nc(CS(=O)(=O)CC(=O)N(C)Cc3ccccc3)c(C)o2)cc1. The van der Waals surface area contributed by atoms with Gasteiger partial charge in [-0.15, -0.1) is 0 Å². The Labute approximate surface area is 171 Å². The molecule has 29 heavy (non-hydrogen) atoms. The first-order valence-corrected chi connectivity index (χ1v) is 11.1. The average molecular weight is 413 g/mol. The Balaban J connectivity index is 1.67. The maximum Gasteiger partial charge on any atom is 0.237 e. The molecule has 0 aliphatic heterocycles. The van der Waals surface area contributed by atoms with Crippen molar-refractivity contribution in [2.75, 3.05) is 12.8 Å². The van der Waals surface area contributed by atoms with E-state index in [2.05, 4.69) is 4.98 Å². The summed E-state index contributed by atoms with van der Waals surface area (Å²) in [6.45, 7) is 4.02. The number of sulfone groups is 1. The van der Waals surface area contributed by atoms with Gasteiger partial charge in [0.1, 0.15) is 11.5 Å². The summed E-state index contributed by atoms with van der Waals surface area (Å²) in [5.41, 5.74) is 3.16. The number of oxazole rings is 1. The van der Waals surface area contributed by atoms with Gasteiger partial charge in [0.15, 0.2) is 9.84 Å². The summed E-state index contributed by atoms with van der Waals surface area (Å²) in [6.07, 6.45) is 0. The second-order valence-corrected chi connectivity index (χ2v) is 9.22. The van der Waals surface area contributed by atoms with Crippen LogP contribution in [0.3, 0.4) is 0 Å². The summed E-state index contributed by atoms with van der Waals surface area (Å²) in [5.74, 6) is -0.537. The maximum absolute atomic E-state index is 12.6. The van der Waals surface area contributed by atoms with Crippen molar-refractivity contribution in [3.05, 3.63) is 77.2 Å². The molecule has 2 aromatic carbocycles. The summed E-state index contributed by atoms with van der Waals surface area (Å²) in [5, 5.41) is 0. The van der Waals surface area contributed by atoms with Crippen LogP contribution in [0.25, 0.3) is 11.5 Å². The molecule has 3 rings (SSSR count). The molecule has 6 nitrogen and oxygen atoms in total. The highest BCUT2D eigenvalue weighted by Crippen LogP contribution is 2.23. The van der Waals surface area contributed by atoms with Crippen LogP contribution in [0.1, 0.15) is 22.6 Å². The molecule has 7 heteroatoms. The molecule has 1 amide bonds. The van der Waals surface area contributed by atoms with Crippen LogP contribution in [0.2, 0.25) is 0 Å². The number of nitrogens with zero attached hydrogens (tertiary/aromatic N) is 2. The molecule has 0 bridgehead atoms. The van der Waals surface area contributed by atoms with Gasteiger partial charge in [-0.25, -0.2) is 13.4 Å². The number of hydrogen-bond acceptors (Lipinski definition) is 5. The van der Waals surface area contributed by atoms with E-state index < -0.39 is 21.5 Å². The molecule has 0 radical (unpaired) electrons. The van der Waals surface area contributed by atoms with Crippen molar-refractivity contribution in [1.29, 1.82) is 0 Å². The monoisotopic (exact) mass is 412 g/mol. The van der Waals surface area contributed by atoms with Crippen LogP contribution in [0.5, 0.6) is 0 Å². The second-order valence-electron chi connectivity index (χ2n) is 7.16. The van der Waals surface area contributed by atoms with Crippen LogP contribution in [-0.2, 0) is 26.9 Å². The van der Waals surface area contributed by atoms with Crippen molar-refractivity contribution in [2.24, 2.45) is 0 Å². The molecule has 0 atom stereocenters. The number of carbonyl (C=O) groups excluding carboxylic acids is 1. The van der Waals surface area contributed by atoms with Gasteiger partial charge in [0.2, 0.25) is 11.8 Å². The van der Waals surface area contributed by atoms with Crippen molar-refractivity contribution in [1.82, 2.24) is 9.88 Å². The Morgan fingerprint density at radius 1 is 1.03 bits per heavy atom. The number of amides is 1. The fourth-order valence-corrected chi connectivity index (χ4v) is 4.27. The van der Waals surface area contributed by atoms with E-state index in [-0.39, 0.29) is 5.75 Å². The Hall–Kier alpha value is -2.93. The average Bonchev–Trinajstić information content (AvgIpc) is 3.02. The molecular weight excluding hydrogens is 388 g/mol. The Kier molecular flexibility index (Phi) is 6.17. The third-order valence-electron chi connectivity index (χ3n) is 4.58. The molecule has 0 aliphatic rings. The largest absolute Gasteiger partial charge is 0.441 e. The molecule has 0 saturated carbocycles. The molecule has 152 valence electrons. The van der Waals surface area contributed by atoms with Crippen LogP contribution >= 0.6 is 0 Å². The van der Waals surface area contributed by atoms with Crippen molar-refractivity contribution >= 4 is 15.7 Å². The van der Waals surface area contributed by atoms with E-state index in [4.69, 9.17) is 4.42 Å². The van der Waals surface area contributed by atoms with Gasteiger partial charge in [0.25, 0.3) is 0 Å². The lowest BCUT2D eigenvalue weighted by molar-refractivity contribution is -0.127. The van der Waals surface area contributed by atoms with E-state index >= 15 is 0 Å². The molecule has 0 aliphatic carbocycles. The van der Waals surface area contributed by atoms with E-state index in [9.17, 15) is 13.2 Å². The molecule has 0 saturated heterocycles. The van der Waals surface area contributed by atoms with Gasteiger partial charge in [-0.1, -0.05) is 48.0 Å². The van der Waals surface area contributed by atoms with Gasteiger partial charge in [-0.05, 0) is 31.5 Å². The molecule has 1 heterocycles. The summed E-state index contributed by atoms with van der Waals surface area (Å²) >= 11 is 0. The van der Waals surface area contributed by atoms with Gasteiger partial charge in [0, 0.05) is 19.2 Å². The molecule has 1 aromatic heterocycles. The highest BCUT2D eigenvalue weighted by Gasteiger charge is 2.24. The van der Waals surface area contributed by atoms with Crippen molar-refractivity contribution in [3.63, 3.8) is 0 Å². The third-order valence-corrected chi connectivity index (χ3v) is 5.98. The number of carbonyl (C=O) groups is 1. The predicted molar refractivity (Wildman–Crippen MR) is 112 cm³/mol. The van der Waals surface area contributed by atoms with Crippen molar-refractivity contribution in [3.8, 4) is 11.5 Å². The number of aryl methyl sites for hydroxylation is 2. The predicted octanol–water partition coefficient (Wildman–Crippen LogP) is 3.53. The molecule has 0 spiro atoms. The van der Waals surface area contributed by atoms with E-state index in [0.717, 1.165) is 16.7 Å². The maximum atomic E-state index is 12.6.